The number of hydrogen-bond acceptors (Lipinski definition) is 3. The maximum absolute atomic E-state index is 12.8. The van der Waals surface area contributed by atoms with Crippen molar-refractivity contribution in [1.82, 2.24) is 9.97 Å². The van der Waals surface area contributed by atoms with E-state index in [0.29, 0.717) is 0 Å². The van der Waals surface area contributed by atoms with Crippen molar-refractivity contribution in [3.8, 4) is 0 Å². The van der Waals surface area contributed by atoms with Crippen molar-refractivity contribution in [2.24, 2.45) is 0 Å². The number of nitrogens with zero attached hydrogens (tertiary/aromatic N) is 3. The second-order valence-electron chi connectivity index (χ2n) is 5.42. The highest BCUT2D eigenvalue weighted by atomic mass is 35.5. The van der Waals surface area contributed by atoms with Gasteiger partial charge in [0.2, 0.25) is 0 Å². The first kappa shape index (κ1) is 15.8. The molecule has 1 aromatic heterocycles. The van der Waals surface area contributed by atoms with Crippen molar-refractivity contribution < 1.29 is 13.6 Å². The van der Waals surface area contributed by atoms with Crippen molar-refractivity contribution in [2.45, 2.75) is 32.2 Å². The molecule has 120 valence electrons. The quantitative estimate of drug-likeness (QED) is 0.777. The lowest BCUT2D eigenvalue weighted by molar-refractivity contribution is 0.0973. The van der Waals surface area contributed by atoms with Gasteiger partial charge in [-0.2, -0.15) is 0 Å². The van der Waals surface area contributed by atoms with E-state index in [4.69, 9.17) is 11.6 Å². The molecule has 4 nitrogen and oxygen atoms in total. The Bertz CT molecular complexity index is 754. The van der Waals surface area contributed by atoms with Crippen LogP contribution in [0.1, 0.15) is 41.5 Å². The molecule has 0 fully saturated rings. The summed E-state index contributed by atoms with van der Waals surface area (Å²) in [7, 11) is 0. The second-order valence-corrected chi connectivity index (χ2v) is 5.78. The normalized spacial score (nSPS) is 17.3. The van der Waals surface area contributed by atoms with Crippen molar-refractivity contribution >= 4 is 23.2 Å². The average Bonchev–Trinajstić information content (AvgIpc) is 2.54. The van der Waals surface area contributed by atoms with E-state index in [9.17, 15) is 13.6 Å². The number of benzene rings is 1. The average molecular weight is 338 g/mol. The van der Waals surface area contributed by atoms with E-state index in [2.05, 4.69) is 9.97 Å². The Morgan fingerprint density at radius 2 is 2.13 bits per heavy atom. The van der Waals surface area contributed by atoms with Gasteiger partial charge in [0, 0.05) is 17.9 Å². The van der Waals surface area contributed by atoms with Crippen LogP contribution >= 0.6 is 11.6 Å². The molecule has 1 atom stereocenters. The molecule has 0 bridgehead atoms. The third kappa shape index (κ3) is 2.91. The second kappa shape index (κ2) is 6.20. The molecule has 0 radical (unpaired) electrons. The number of carbonyl (C=O) groups excluding carboxylic acids is 1. The van der Waals surface area contributed by atoms with Gasteiger partial charge in [-0.15, -0.1) is 0 Å². The number of halogens is 3. The number of aryl methyl sites for hydroxylation is 1. The van der Waals surface area contributed by atoms with Crippen LogP contribution in [0.15, 0.2) is 30.5 Å². The summed E-state index contributed by atoms with van der Waals surface area (Å²) in [6.45, 7) is 1.94. The first-order valence-corrected chi connectivity index (χ1v) is 7.59. The number of carbonyl (C=O) groups is 1. The minimum atomic E-state index is -2.83. The zero-order valence-electron chi connectivity index (χ0n) is 12.3. The summed E-state index contributed by atoms with van der Waals surface area (Å²) in [6.07, 6.45) is -0.0546. The van der Waals surface area contributed by atoms with Gasteiger partial charge in [0.1, 0.15) is 5.15 Å². The first-order valence-electron chi connectivity index (χ1n) is 7.21. The van der Waals surface area contributed by atoms with E-state index in [0.717, 1.165) is 30.3 Å². The molecule has 0 spiro atoms. The fraction of sp³-hybridized carbons (Fsp3) is 0.312. The lowest BCUT2D eigenvalue weighted by Gasteiger charge is -2.35. The minimum absolute atomic E-state index is 0.0248. The van der Waals surface area contributed by atoms with Crippen LogP contribution < -0.4 is 4.90 Å². The highest BCUT2D eigenvalue weighted by Crippen LogP contribution is 2.32. The smallest absolute Gasteiger partial charge is 0.297 e. The molecule has 1 aliphatic rings. The molecular weight excluding hydrogens is 324 g/mol. The molecule has 3 rings (SSSR count). The summed E-state index contributed by atoms with van der Waals surface area (Å²) in [4.78, 5) is 21.5. The van der Waals surface area contributed by atoms with Gasteiger partial charge in [0.05, 0.1) is 5.56 Å². The van der Waals surface area contributed by atoms with Crippen molar-refractivity contribution in [2.75, 3.05) is 4.90 Å². The molecule has 7 heteroatoms. The molecule has 1 aromatic carbocycles. The third-order valence-corrected chi connectivity index (χ3v) is 4.22. The number of aromatic nitrogens is 2. The van der Waals surface area contributed by atoms with Gasteiger partial charge >= 0.3 is 0 Å². The Kier molecular flexibility index (Phi) is 4.26. The zero-order chi connectivity index (χ0) is 16.6. The number of para-hydroxylation sites is 1. The first-order chi connectivity index (χ1) is 11.0. The highest BCUT2D eigenvalue weighted by Gasteiger charge is 2.30. The number of alkyl halides is 2. The number of amides is 1. The van der Waals surface area contributed by atoms with Gasteiger partial charge in [-0.25, -0.2) is 18.7 Å². The van der Waals surface area contributed by atoms with Gasteiger partial charge in [-0.1, -0.05) is 29.8 Å². The predicted molar refractivity (Wildman–Crippen MR) is 83.0 cm³/mol. The van der Waals surface area contributed by atoms with Gasteiger partial charge < -0.3 is 4.90 Å². The Morgan fingerprint density at radius 1 is 1.39 bits per heavy atom. The standard InChI is InChI=1S/C16H14ClF2N3O/c1-9-6-7-10-4-2-3-5-12(10)22(9)16(23)11-8-20-15(14(18)19)21-13(11)17/h2-5,8-9,14H,6-7H2,1H3. The molecule has 1 aliphatic heterocycles. The lowest BCUT2D eigenvalue weighted by atomic mass is 9.96. The highest BCUT2D eigenvalue weighted by molar-refractivity contribution is 6.33. The van der Waals surface area contributed by atoms with E-state index in [1.807, 2.05) is 31.2 Å². The molecule has 0 aliphatic carbocycles. The molecule has 23 heavy (non-hydrogen) atoms. The van der Waals surface area contributed by atoms with Gasteiger partial charge in [-0.05, 0) is 31.4 Å². The molecule has 0 N–H and O–H groups in total. The maximum atomic E-state index is 12.8. The molecular formula is C16H14ClF2N3O. The summed E-state index contributed by atoms with van der Waals surface area (Å²) in [6, 6.07) is 7.59. The van der Waals surface area contributed by atoms with E-state index >= 15 is 0 Å². The van der Waals surface area contributed by atoms with E-state index in [1.54, 1.807) is 4.90 Å². The summed E-state index contributed by atoms with van der Waals surface area (Å²) in [5.74, 6) is -1.06. The van der Waals surface area contributed by atoms with E-state index < -0.39 is 12.2 Å². The van der Waals surface area contributed by atoms with Gasteiger partial charge in [-0.3, -0.25) is 4.79 Å². The van der Waals surface area contributed by atoms with Crippen LogP contribution in [-0.4, -0.2) is 21.9 Å². The van der Waals surface area contributed by atoms with Crippen molar-refractivity contribution in [3.63, 3.8) is 0 Å². The van der Waals surface area contributed by atoms with E-state index in [-0.39, 0.29) is 22.7 Å². The molecule has 0 saturated carbocycles. The number of hydrogen-bond donors (Lipinski definition) is 0. The van der Waals surface area contributed by atoms with Crippen LogP contribution in [0.5, 0.6) is 0 Å². The SMILES string of the molecule is CC1CCc2ccccc2N1C(=O)c1cnc(C(F)F)nc1Cl. The largest absolute Gasteiger partial charge is 0.305 e. The summed E-state index contributed by atoms with van der Waals surface area (Å²) in [5.41, 5.74) is 1.91. The van der Waals surface area contributed by atoms with Crippen molar-refractivity contribution in [3.05, 3.63) is 52.6 Å². The fourth-order valence-corrected chi connectivity index (χ4v) is 2.97. The van der Waals surface area contributed by atoms with Crippen molar-refractivity contribution in [1.29, 1.82) is 0 Å². The Labute approximate surface area is 137 Å². The molecule has 1 unspecified atom stereocenters. The number of anilines is 1. The zero-order valence-corrected chi connectivity index (χ0v) is 13.1. The summed E-state index contributed by atoms with van der Waals surface area (Å²) >= 11 is 5.93. The summed E-state index contributed by atoms with van der Waals surface area (Å²) in [5, 5.41) is -0.254. The van der Waals surface area contributed by atoms with Crippen LogP contribution in [0, 0.1) is 0 Å². The van der Waals surface area contributed by atoms with Gasteiger partial charge in [0.25, 0.3) is 12.3 Å². The monoisotopic (exact) mass is 337 g/mol. The van der Waals surface area contributed by atoms with Crippen LogP contribution in [0.4, 0.5) is 14.5 Å². The van der Waals surface area contributed by atoms with Crippen LogP contribution in [0.2, 0.25) is 5.15 Å². The Hall–Kier alpha value is -2.08. The topological polar surface area (TPSA) is 46.1 Å². The van der Waals surface area contributed by atoms with Crippen LogP contribution in [0.3, 0.4) is 0 Å². The number of fused-ring (bicyclic) bond motifs is 1. The summed E-state index contributed by atoms with van der Waals surface area (Å²) < 4.78 is 25.2. The molecule has 2 heterocycles. The van der Waals surface area contributed by atoms with Gasteiger partial charge in [0.15, 0.2) is 5.82 Å². The Morgan fingerprint density at radius 3 is 2.83 bits per heavy atom. The fourth-order valence-electron chi connectivity index (χ4n) is 2.75. The maximum Gasteiger partial charge on any atom is 0.297 e. The minimum Gasteiger partial charge on any atom is -0.305 e. The predicted octanol–water partition coefficient (Wildman–Crippen LogP) is 4.05. The molecule has 1 amide bonds. The number of rotatable bonds is 2. The van der Waals surface area contributed by atoms with Crippen LogP contribution in [-0.2, 0) is 6.42 Å². The molecule has 0 saturated heterocycles. The van der Waals surface area contributed by atoms with E-state index in [1.165, 1.54) is 0 Å². The van der Waals surface area contributed by atoms with Crippen LogP contribution in [0.25, 0.3) is 0 Å². The lowest BCUT2D eigenvalue weighted by Crippen LogP contribution is -2.42. The third-order valence-electron chi connectivity index (χ3n) is 3.93. The molecule has 2 aromatic rings. The Balaban J connectivity index is 2.00.